The van der Waals surface area contributed by atoms with Crippen LogP contribution in [0.2, 0.25) is 0 Å². The predicted octanol–water partition coefficient (Wildman–Crippen LogP) is 6.75. The minimum Gasteiger partial charge on any atom is -0.507 e. The Labute approximate surface area is 231 Å². The molecule has 1 aliphatic rings. The van der Waals surface area contributed by atoms with Crippen molar-refractivity contribution in [1.82, 2.24) is 9.97 Å². The standard InChI is InChI=1S/C31H31N3O4S/c1-17(2)20-15-18(10-13-23(20)38-6)27(35)25-26(22-9-7-8-14-32-22)34(29(37)28(25)36)30-33-21-12-11-19(31(3,4)5)16-24(21)39-30/h7-17,26,35H,1-6H3/b27-25+. The minimum atomic E-state index is -0.932. The third-order valence-electron chi connectivity index (χ3n) is 6.99. The van der Waals surface area contributed by atoms with Crippen LogP contribution in [0.1, 0.15) is 69.0 Å². The normalized spacial score (nSPS) is 17.4. The molecule has 4 aromatic rings. The van der Waals surface area contributed by atoms with Gasteiger partial charge in [-0.25, -0.2) is 4.98 Å². The highest BCUT2D eigenvalue weighted by Gasteiger charge is 2.49. The molecule has 1 saturated heterocycles. The molecule has 0 radical (unpaired) electrons. The molecule has 0 spiro atoms. The molecule has 7 nitrogen and oxygen atoms in total. The quantitative estimate of drug-likeness (QED) is 0.171. The summed E-state index contributed by atoms with van der Waals surface area (Å²) in [5.74, 6) is -0.985. The summed E-state index contributed by atoms with van der Waals surface area (Å²) in [7, 11) is 1.59. The maximum Gasteiger partial charge on any atom is 0.301 e. The van der Waals surface area contributed by atoms with Crippen molar-refractivity contribution in [2.45, 2.75) is 52.0 Å². The van der Waals surface area contributed by atoms with Crippen LogP contribution in [0.25, 0.3) is 16.0 Å². The number of ketones is 1. The zero-order valence-electron chi connectivity index (χ0n) is 22.9. The molecule has 0 bridgehead atoms. The van der Waals surface area contributed by atoms with Gasteiger partial charge in [0.05, 0.1) is 28.6 Å². The monoisotopic (exact) mass is 541 g/mol. The van der Waals surface area contributed by atoms with Crippen molar-refractivity contribution in [2.75, 3.05) is 12.0 Å². The number of hydrogen-bond acceptors (Lipinski definition) is 7. The van der Waals surface area contributed by atoms with Gasteiger partial charge in [-0.2, -0.15) is 0 Å². The zero-order chi connectivity index (χ0) is 28.1. The second-order valence-corrected chi connectivity index (χ2v) is 12.0. The maximum absolute atomic E-state index is 13.6. The van der Waals surface area contributed by atoms with Crippen molar-refractivity contribution < 1.29 is 19.4 Å². The lowest BCUT2D eigenvalue weighted by Gasteiger charge is -2.22. The van der Waals surface area contributed by atoms with E-state index in [0.29, 0.717) is 22.1 Å². The van der Waals surface area contributed by atoms with E-state index in [1.165, 1.54) is 16.2 Å². The Morgan fingerprint density at radius 1 is 1.08 bits per heavy atom. The number of thiazole rings is 1. The Morgan fingerprint density at radius 2 is 1.85 bits per heavy atom. The third-order valence-corrected chi connectivity index (χ3v) is 8.00. The highest BCUT2D eigenvalue weighted by Crippen LogP contribution is 2.44. The molecule has 1 aliphatic heterocycles. The van der Waals surface area contributed by atoms with E-state index in [1.54, 1.807) is 49.7 Å². The summed E-state index contributed by atoms with van der Waals surface area (Å²) in [6, 6.07) is 15.7. The number of aliphatic hydroxyl groups is 1. The highest BCUT2D eigenvalue weighted by molar-refractivity contribution is 7.22. The van der Waals surface area contributed by atoms with E-state index in [2.05, 4.69) is 31.8 Å². The summed E-state index contributed by atoms with van der Waals surface area (Å²) in [6.45, 7) is 10.5. The number of anilines is 1. The Kier molecular flexibility index (Phi) is 6.76. The SMILES string of the molecule is COc1ccc(/C(O)=C2\C(=O)C(=O)N(c3nc4ccc(C(C)(C)C)cc4s3)C2c2ccccn2)cc1C(C)C. The average Bonchev–Trinajstić information content (AvgIpc) is 3.45. The van der Waals surface area contributed by atoms with Crippen LogP contribution in [-0.4, -0.2) is 33.9 Å². The molecule has 2 aromatic heterocycles. The van der Waals surface area contributed by atoms with E-state index in [1.807, 2.05) is 26.0 Å². The van der Waals surface area contributed by atoms with E-state index in [4.69, 9.17) is 9.72 Å². The van der Waals surface area contributed by atoms with Crippen molar-refractivity contribution in [2.24, 2.45) is 0 Å². The molecule has 1 N–H and O–H groups in total. The van der Waals surface area contributed by atoms with Gasteiger partial charge in [-0.15, -0.1) is 0 Å². The first-order valence-corrected chi connectivity index (χ1v) is 13.6. The number of methoxy groups -OCH3 is 1. The number of rotatable bonds is 5. The number of aromatic nitrogens is 2. The summed E-state index contributed by atoms with van der Waals surface area (Å²) >= 11 is 1.34. The molecule has 0 aliphatic carbocycles. The first-order valence-electron chi connectivity index (χ1n) is 12.8. The van der Waals surface area contributed by atoms with Crippen LogP contribution in [0, 0.1) is 0 Å². The summed E-state index contributed by atoms with van der Waals surface area (Å²) in [4.78, 5) is 37.7. The van der Waals surface area contributed by atoms with Crippen molar-refractivity contribution >= 4 is 44.1 Å². The van der Waals surface area contributed by atoms with Crippen LogP contribution in [0.4, 0.5) is 5.13 Å². The number of hydrogen-bond donors (Lipinski definition) is 1. The van der Waals surface area contributed by atoms with Crippen LogP contribution >= 0.6 is 11.3 Å². The van der Waals surface area contributed by atoms with Gasteiger partial charge in [0.15, 0.2) is 5.13 Å². The molecule has 3 heterocycles. The molecule has 1 atom stereocenters. The highest BCUT2D eigenvalue weighted by atomic mass is 32.1. The topological polar surface area (TPSA) is 92.6 Å². The van der Waals surface area contributed by atoms with Crippen molar-refractivity contribution in [3.63, 3.8) is 0 Å². The van der Waals surface area contributed by atoms with Crippen LogP contribution in [0.5, 0.6) is 5.75 Å². The van der Waals surface area contributed by atoms with Gasteiger partial charge in [0.25, 0.3) is 5.78 Å². The Bertz CT molecular complexity index is 1620. The number of Topliss-reactive ketones (excluding diaryl/α,β-unsaturated/α-hetero) is 1. The Morgan fingerprint density at radius 3 is 2.49 bits per heavy atom. The van der Waals surface area contributed by atoms with E-state index in [0.717, 1.165) is 21.3 Å². The first-order chi connectivity index (χ1) is 18.5. The minimum absolute atomic E-state index is 0.0202. The van der Waals surface area contributed by atoms with Crippen molar-refractivity contribution in [3.8, 4) is 5.75 Å². The lowest BCUT2D eigenvalue weighted by atomic mass is 9.87. The molecule has 1 unspecified atom stereocenters. The molecule has 0 saturated carbocycles. The van der Waals surface area contributed by atoms with Gasteiger partial charge >= 0.3 is 5.91 Å². The number of carbonyl (C=O) groups is 2. The smallest absolute Gasteiger partial charge is 0.301 e. The second-order valence-electron chi connectivity index (χ2n) is 11.0. The number of aliphatic hydroxyl groups excluding tert-OH is 1. The van der Waals surface area contributed by atoms with E-state index >= 15 is 0 Å². The van der Waals surface area contributed by atoms with Gasteiger partial charge < -0.3 is 9.84 Å². The zero-order valence-corrected chi connectivity index (χ0v) is 23.7. The number of carbonyl (C=O) groups excluding carboxylic acids is 2. The van der Waals surface area contributed by atoms with Gasteiger partial charge in [0.1, 0.15) is 17.6 Å². The average molecular weight is 542 g/mol. The fourth-order valence-corrected chi connectivity index (χ4v) is 5.85. The largest absolute Gasteiger partial charge is 0.507 e. The third kappa shape index (κ3) is 4.69. The van der Waals surface area contributed by atoms with Crippen LogP contribution < -0.4 is 9.64 Å². The summed E-state index contributed by atoms with van der Waals surface area (Å²) in [5.41, 5.74) is 3.58. The summed E-state index contributed by atoms with van der Waals surface area (Å²) in [5, 5.41) is 11.9. The fourth-order valence-electron chi connectivity index (χ4n) is 4.82. The first kappa shape index (κ1) is 26.6. The molecule has 1 amide bonds. The number of benzene rings is 2. The maximum atomic E-state index is 13.6. The molecule has 1 fully saturated rings. The van der Waals surface area contributed by atoms with Crippen LogP contribution in [0.3, 0.4) is 0 Å². The molecule has 200 valence electrons. The van der Waals surface area contributed by atoms with E-state index < -0.39 is 17.7 Å². The molecule has 5 rings (SSSR count). The Hall–Kier alpha value is -4.04. The summed E-state index contributed by atoms with van der Waals surface area (Å²) < 4.78 is 6.40. The number of amides is 1. The second kappa shape index (κ2) is 9.93. The fraction of sp³-hybridized carbons (Fsp3) is 0.290. The number of pyridine rings is 1. The number of ether oxygens (including phenoxy) is 1. The predicted molar refractivity (Wildman–Crippen MR) is 154 cm³/mol. The van der Waals surface area contributed by atoms with Crippen molar-refractivity contribution in [1.29, 1.82) is 0 Å². The molecular formula is C31H31N3O4S. The van der Waals surface area contributed by atoms with Crippen LogP contribution in [-0.2, 0) is 15.0 Å². The van der Waals surface area contributed by atoms with Gasteiger partial charge in [0, 0.05) is 11.8 Å². The summed E-state index contributed by atoms with van der Waals surface area (Å²) in [6.07, 6.45) is 1.60. The van der Waals surface area contributed by atoms with Gasteiger partial charge in [-0.1, -0.05) is 58.1 Å². The lowest BCUT2D eigenvalue weighted by Crippen LogP contribution is -2.29. The molecular weight excluding hydrogens is 510 g/mol. The van der Waals surface area contributed by atoms with E-state index in [-0.39, 0.29) is 22.7 Å². The molecule has 8 heteroatoms. The molecule has 39 heavy (non-hydrogen) atoms. The lowest BCUT2D eigenvalue weighted by molar-refractivity contribution is -0.132. The van der Waals surface area contributed by atoms with E-state index in [9.17, 15) is 14.7 Å². The van der Waals surface area contributed by atoms with Gasteiger partial charge in [-0.05, 0) is 64.9 Å². The van der Waals surface area contributed by atoms with Crippen LogP contribution in [0.15, 0.2) is 66.4 Å². The molecule has 2 aromatic carbocycles. The van der Waals surface area contributed by atoms with Gasteiger partial charge in [-0.3, -0.25) is 19.5 Å². The Balaban J connectivity index is 1.69. The van der Waals surface area contributed by atoms with Crippen molar-refractivity contribution in [3.05, 3.63) is 88.8 Å². The van der Waals surface area contributed by atoms with Gasteiger partial charge in [0.2, 0.25) is 0 Å². The number of fused-ring (bicyclic) bond motifs is 1. The number of nitrogens with zero attached hydrogens (tertiary/aromatic N) is 3.